The van der Waals surface area contributed by atoms with Gasteiger partial charge in [0.2, 0.25) is 5.91 Å². The maximum Gasteiger partial charge on any atom is 0.416 e. The van der Waals surface area contributed by atoms with Gasteiger partial charge in [-0.3, -0.25) is 9.59 Å². The normalized spacial score (nSPS) is 19.4. The highest BCUT2D eigenvalue weighted by Gasteiger charge is 2.43. The Morgan fingerprint density at radius 1 is 1.18 bits per heavy atom. The Balaban J connectivity index is 1.89. The Kier molecular flexibility index (Phi) is 5.41. The van der Waals surface area contributed by atoms with Crippen LogP contribution in [0.2, 0.25) is 0 Å². The molecule has 0 saturated carbocycles. The smallest absolute Gasteiger partial charge is 0.355 e. The molecule has 1 saturated heterocycles. The van der Waals surface area contributed by atoms with Crippen molar-refractivity contribution in [1.29, 1.82) is 0 Å². The van der Waals surface area contributed by atoms with E-state index in [0.29, 0.717) is 10.6 Å². The lowest BCUT2D eigenvalue weighted by atomic mass is 9.87. The van der Waals surface area contributed by atoms with Gasteiger partial charge in [-0.15, -0.1) is 9.24 Å². The van der Waals surface area contributed by atoms with Gasteiger partial charge in [-0.25, -0.2) is 15.2 Å². The fraction of sp³-hybridized carbons (Fsp3) is 0.222. The third-order valence-electron chi connectivity index (χ3n) is 4.64. The number of hydrogen-bond donors (Lipinski definition) is 2. The average molecular weight is 413 g/mol. The summed E-state index contributed by atoms with van der Waals surface area (Å²) >= 11 is 0. The van der Waals surface area contributed by atoms with Crippen LogP contribution >= 0.6 is 9.24 Å². The van der Waals surface area contributed by atoms with Crippen LogP contribution in [0.1, 0.15) is 17.0 Å². The van der Waals surface area contributed by atoms with Crippen molar-refractivity contribution >= 4 is 32.0 Å². The number of carbonyl (C=O) groups is 2. The third kappa shape index (κ3) is 3.72. The zero-order valence-corrected chi connectivity index (χ0v) is 15.5. The van der Waals surface area contributed by atoms with Crippen LogP contribution in [0.25, 0.3) is 0 Å². The van der Waals surface area contributed by atoms with E-state index in [1.165, 1.54) is 30.3 Å². The summed E-state index contributed by atoms with van der Waals surface area (Å²) in [6.07, 6.45) is -4.49. The molecule has 148 valence electrons. The summed E-state index contributed by atoms with van der Waals surface area (Å²) in [4.78, 5) is 25.1. The molecular weight excluding hydrogens is 397 g/mol. The van der Waals surface area contributed by atoms with Gasteiger partial charge in [-0.2, -0.15) is 13.2 Å². The van der Waals surface area contributed by atoms with Crippen LogP contribution in [-0.2, 0) is 15.8 Å². The van der Waals surface area contributed by atoms with E-state index < -0.39 is 41.2 Å². The van der Waals surface area contributed by atoms with E-state index in [4.69, 9.17) is 5.84 Å². The SMILES string of the molecule is NN(C(=O)C1C(=O)NCC1c1ccc(C(F)(F)F)cc1)c1cccc(F)c1P. The Hall–Kier alpha value is -2.51. The van der Waals surface area contributed by atoms with Crippen LogP contribution in [0.3, 0.4) is 0 Å². The Bertz CT molecular complexity index is 918. The van der Waals surface area contributed by atoms with E-state index in [-0.39, 0.29) is 17.5 Å². The van der Waals surface area contributed by atoms with E-state index >= 15 is 0 Å². The number of nitrogens with zero attached hydrogens (tertiary/aromatic N) is 1. The molecule has 3 unspecified atom stereocenters. The quantitative estimate of drug-likeness (QED) is 0.202. The first kappa shape index (κ1) is 20.2. The second kappa shape index (κ2) is 7.48. The van der Waals surface area contributed by atoms with Crippen molar-refractivity contribution in [3.05, 3.63) is 59.4 Å². The largest absolute Gasteiger partial charge is 0.416 e. The number of rotatable bonds is 3. The maximum atomic E-state index is 13.7. The molecule has 10 heteroatoms. The van der Waals surface area contributed by atoms with E-state index in [0.717, 1.165) is 12.1 Å². The molecule has 2 aromatic rings. The molecule has 1 heterocycles. The van der Waals surface area contributed by atoms with Gasteiger partial charge >= 0.3 is 6.18 Å². The molecule has 0 aromatic heterocycles. The molecule has 1 fully saturated rings. The number of nitrogens with two attached hydrogens (primary N) is 1. The van der Waals surface area contributed by atoms with Gasteiger partial charge in [0.05, 0.1) is 11.3 Å². The molecule has 2 amide bonds. The minimum absolute atomic E-state index is 0.0582. The van der Waals surface area contributed by atoms with Gasteiger partial charge < -0.3 is 5.32 Å². The fourth-order valence-electron chi connectivity index (χ4n) is 3.14. The lowest BCUT2D eigenvalue weighted by Gasteiger charge is -2.24. The number of alkyl halides is 3. The fourth-order valence-corrected chi connectivity index (χ4v) is 3.47. The van der Waals surface area contributed by atoms with Gasteiger partial charge in [-0.1, -0.05) is 18.2 Å². The molecule has 5 nitrogen and oxygen atoms in total. The van der Waals surface area contributed by atoms with Crippen LogP contribution in [0, 0.1) is 11.7 Å². The van der Waals surface area contributed by atoms with Crippen LogP contribution < -0.4 is 21.5 Å². The lowest BCUT2D eigenvalue weighted by molar-refractivity contribution is -0.137. The third-order valence-corrected chi connectivity index (χ3v) is 5.21. The van der Waals surface area contributed by atoms with Gasteiger partial charge in [0.1, 0.15) is 11.7 Å². The summed E-state index contributed by atoms with van der Waals surface area (Å²) in [6, 6.07) is 8.24. The van der Waals surface area contributed by atoms with Crippen molar-refractivity contribution in [2.75, 3.05) is 11.6 Å². The molecule has 0 bridgehead atoms. The Morgan fingerprint density at radius 2 is 1.82 bits per heavy atom. The van der Waals surface area contributed by atoms with Gasteiger partial charge in [0, 0.05) is 17.8 Å². The molecule has 0 radical (unpaired) electrons. The zero-order chi connectivity index (χ0) is 20.6. The highest BCUT2D eigenvalue weighted by atomic mass is 31.0. The molecule has 2 aromatic carbocycles. The number of anilines is 1. The van der Waals surface area contributed by atoms with Gasteiger partial charge in [0.25, 0.3) is 5.91 Å². The van der Waals surface area contributed by atoms with E-state index in [1.54, 1.807) is 0 Å². The molecule has 28 heavy (non-hydrogen) atoms. The topological polar surface area (TPSA) is 75.4 Å². The highest BCUT2D eigenvalue weighted by Crippen LogP contribution is 2.34. The highest BCUT2D eigenvalue weighted by molar-refractivity contribution is 7.28. The Morgan fingerprint density at radius 3 is 2.43 bits per heavy atom. The van der Waals surface area contributed by atoms with E-state index in [2.05, 4.69) is 14.6 Å². The van der Waals surface area contributed by atoms with Gasteiger partial charge in [0.15, 0.2) is 0 Å². The molecule has 1 aliphatic heterocycles. The van der Waals surface area contributed by atoms with Crippen molar-refractivity contribution in [3.8, 4) is 0 Å². The van der Waals surface area contributed by atoms with Crippen LogP contribution in [-0.4, -0.2) is 18.4 Å². The minimum Gasteiger partial charge on any atom is -0.355 e. The van der Waals surface area contributed by atoms with E-state index in [9.17, 15) is 27.2 Å². The molecule has 1 aliphatic rings. The number of benzene rings is 2. The molecule has 3 rings (SSSR count). The monoisotopic (exact) mass is 413 g/mol. The summed E-state index contributed by atoms with van der Waals surface area (Å²) in [6.45, 7) is 0.0747. The number of halogens is 4. The predicted octanol–water partition coefficient (Wildman–Crippen LogP) is 2.08. The van der Waals surface area contributed by atoms with Crippen molar-refractivity contribution in [2.45, 2.75) is 12.1 Å². The number of carbonyl (C=O) groups excluding carboxylic acids is 2. The molecule has 0 aliphatic carbocycles. The molecule has 3 atom stereocenters. The molecule has 3 N–H and O–H groups in total. The number of hydrazine groups is 1. The molecule has 0 spiro atoms. The summed E-state index contributed by atoms with van der Waals surface area (Å²) < 4.78 is 52.0. The van der Waals surface area contributed by atoms with Crippen LogP contribution in [0.5, 0.6) is 0 Å². The second-order valence-electron chi connectivity index (χ2n) is 6.33. The first-order valence-electron chi connectivity index (χ1n) is 8.18. The summed E-state index contributed by atoms with van der Waals surface area (Å²) in [5.74, 6) is 1.94. The van der Waals surface area contributed by atoms with Crippen LogP contribution in [0.15, 0.2) is 42.5 Å². The minimum atomic E-state index is -4.49. The lowest BCUT2D eigenvalue weighted by Crippen LogP contribution is -2.46. The summed E-state index contributed by atoms with van der Waals surface area (Å²) in [5, 5.41) is 3.28. The number of hydrogen-bond acceptors (Lipinski definition) is 3. The summed E-state index contributed by atoms with van der Waals surface area (Å²) in [7, 11) is 2.14. The molecular formula is C18H16F4N3O2P. The number of nitrogens with one attached hydrogen (secondary N) is 1. The van der Waals surface area contributed by atoms with Crippen molar-refractivity contribution in [1.82, 2.24) is 5.32 Å². The second-order valence-corrected chi connectivity index (χ2v) is 6.91. The standard InChI is InChI=1S/C18H16F4N3O2P/c19-12-2-1-3-13(15(12)28)25(23)17(27)14-11(8-24-16(14)26)9-4-6-10(7-5-9)18(20,21)22/h1-7,11,14H,8,23,28H2,(H,24,26). The first-order chi connectivity index (χ1) is 13.1. The maximum absolute atomic E-state index is 13.7. The zero-order valence-electron chi connectivity index (χ0n) is 14.3. The number of amides is 2. The Labute approximate surface area is 160 Å². The van der Waals surface area contributed by atoms with Crippen molar-refractivity contribution in [3.63, 3.8) is 0 Å². The van der Waals surface area contributed by atoms with Gasteiger partial charge in [-0.05, 0) is 29.8 Å². The summed E-state index contributed by atoms with van der Waals surface area (Å²) in [5.41, 5.74) is -0.367. The first-order valence-corrected chi connectivity index (χ1v) is 8.76. The predicted molar refractivity (Wildman–Crippen MR) is 98.1 cm³/mol. The average Bonchev–Trinajstić information content (AvgIpc) is 3.03. The van der Waals surface area contributed by atoms with Crippen molar-refractivity contribution < 1.29 is 27.2 Å². The van der Waals surface area contributed by atoms with E-state index in [1.807, 2.05) is 0 Å². The van der Waals surface area contributed by atoms with Crippen molar-refractivity contribution in [2.24, 2.45) is 11.8 Å². The van der Waals surface area contributed by atoms with Crippen LogP contribution in [0.4, 0.5) is 23.2 Å².